The highest BCUT2D eigenvalue weighted by molar-refractivity contribution is 6.15. The Labute approximate surface area is 364 Å². The minimum Gasteiger partial charge on any atom is -0.317 e. The quantitative estimate of drug-likeness (QED) is 0.0950. The van der Waals surface area contributed by atoms with Gasteiger partial charge in [0.1, 0.15) is 0 Å². The maximum absolute atomic E-state index is 2.40. The summed E-state index contributed by atoms with van der Waals surface area (Å²) in [4.78, 5) is 4.71. The van der Waals surface area contributed by atoms with Crippen LogP contribution in [-0.4, -0.2) is 0 Å². The summed E-state index contributed by atoms with van der Waals surface area (Å²) < 4.78 is 0. The Balaban J connectivity index is 1.11. The predicted molar refractivity (Wildman–Crippen MR) is 267 cm³/mol. The Morgan fingerprint density at radius 1 is 0.435 bits per heavy atom. The minimum absolute atomic E-state index is 0.753. The van der Waals surface area contributed by atoms with Gasteiger partial charge in [-0.3, -0.25) is 0 Å². The van der Waals surface area contributed by atoms with E-state index in [0.29, 0.717) is 0 Å². The summed E-state index contributed by atoms with van der Waals surface area (Å²) in [5.74, 6) is 0. The summed E-state index contributed by atoms with van der Waals surface area (Å²) in [6.45, 7) is 2.08. The smallest absolute Gasteiger partial charge is 0.0540 e. The van der Waals surface area contributed by atoms with Crippen LogP contribution in [0, 0.1) is 0 Å². The molecule has 0 atom stereocenters. The largest absolute Gasteiger partial charge is 0.317 e. The molecule has 296 valence electrons. The molecule has 0 saturated carbocycles. The van der Waals surface area contributed by atoms with Gasteiger partial charge in [0.2, 0.25) is 0 Å². The fourth-order valence-electron chi connectivity index (χ4n) is 9.01. The molecule has 0 aliphatic heterocycles. The SMILES string of the molecule is C\C=C/C=C(\C=C\N(c1ccccc1)c1cccc2ccccc12)Cc1c2ccccc2c(-c2cccc(N(c3ccccc3)c3cccc4ccccc34)c2)c2ccccc12. The molecule has 0 aliphatic carbocycles. The standard InChI is InChI=1S/C60H46N2/c1-2-3-21-44(40-41-61(48-27-6-4-7-28-48)58-38-19-24-45-22-10-12-32-51(45)58)42-57-53-34-14-16-36-55(53)60(56-37-17-15-35-54(56)57)47-26-18-31-50(43-47)62(49-29-8-5-9-30-49)59-39-20-25-46-23-11-13-33-52(46)59/h2-41,43H,42H2,1H3/b3-2-,41-40+,44-21+. The third kappa shape index (κ3) is 7.44. The van der Waals surface area contributed by atoms with Gasteiger partial charge in [-0.25, -0.2) is 0 Å². The molecule has 0 fully saturated rings. The van der Waals surface area contributed by atoms with Gasteiger partial charge in [0.05, 0.1) is 11.4 Å². The maximum Gasteiger partial charge on any atom is 0.0540 e. The molecule has 0 radical (unpaired) electrons. The van der Waals surface area contributed by atoms with Crippen LogP contribution in [0.25, 0.3) is 54.2 Å². The second-order valence-electron chi connectivity index (χ2n) is 15.6. The molecule has 0 unspecified atom stereocenters. The number of fused-ring (bicyclic) bond motifs is 4. The van der Waals surface area contributed by atoms with Gasteiger partial charge < -0.3 is 9.80 Å². The summed E-state index contributed by atoms with van der Waals surface area (Å²) in [7, 11) is 0. The van der Waals surface area contributed by atoms with E-state index in [0.717, 1.165) is 34.9 Å². The van der Waals surface area contributed by atoms with E-state index in [1.165, 1.54) is 65.4 Å². The van der Waals surface area contributed by atoms with Crippen LogP contribution in [0.3, 0.4) is 0 Å². The average Bonchev–Trinajstić information content (AvgIpc) is 3.34. The molecule has 2 heteroatoms. The van der Waals surface area contributed by atoms with Gasteiger partial charge in [-0.05, 0) is 123 Å². The molecule has 0 saturated heterocycles. The van der Waals surface area contributed by atoms with Gasteiger partial charge in [-0.15, -0.1) is 0 Å². The zero-order valence-corrected chi connectivity index (χ0v) is 34.8. The van der Waals surface area contributed by atoms with Crippen molar-refractivity contribution >= 4 is 71.5 Å². The molecule has 10 aromatic rings. The van der Waals surface area contributed by atoms with E-state index in [1.807, 2.05) is 0 Å². The van der Waals surface area contributed by atoms with Gasteiger partial charge in [0, 0.05) is 34.0 Å². The first-order chi connectivity index (χ1) is 30.7. The van der Waals surface area contributed by atoms with Crippen LogP contribution in [0.1, 0.15) is 12.5 Å². The van der Waals surface area contributed by atoms with Crippen LogP contribution in [-0.2, 0) is 6.42 Å². The summed E-state index contributed by atoms with van der Waals surface area (Å²) >= 11 is 0. The lowest BCUT2D eigenvalue weighted by Crippen LogP contribution is -2.10. The molecular weight excluding hydrogens is 749 g/mol. The highest BCUT2D eigenvalue weighted by Crippen LogP contribution is 2.44. The fraction of sp³-hybridized carbons (Fsp3) is 0.0333. The van der Waals surface area contributed by atoms with Crippen LogP contribution >= 0.6 is 0 Å². The van der Waals surface area contributed by atoms with Crippen LogP contribution in [0.4, 0.5) is 28.4 Å². The lowest BCUT2D eigenvalue weighted by molar-refractivity contribution is 1.21. The highest BCUT2D eigenvalue weighted by Gasteiger charge is 2.20. The van der Waals surface area contributed by atoms with Crippen LogP contribution in [0.15, 0.2) is 254 Å². The number of allylic oxidation sites excluding steroid dienone is 5. The van der Waals surface area contributed by atoms with E-state index >= 15 is 0 Å². The molecule has 0 bridgehead atoms. The van der Waals surface area contributed by atoms with Crippen LogP contribution in [0.2, 0.25) is 0 Å². The number of anilines is 5. The monoisotopic (exact) mass is 794 g/mol. The van der Waals surface area contributed by atoms with Gasteiger partial charge in [0.25, 0.3) is 0 Å². The van der Waals surface area contributed by atoms with Crippen LogP contribution in [0.5, 0.6) is 0 Å². The number of nitrogens with zero attached hydrogens (tertiary/aromatic N) is 2. The van der Waals surface area contributed by atoms with Crippen molar-refractivity contribution in [3.8, 4) is 11.1 Å². The summed E-state index contributed by atoms with van der Waals surface area (Å²) in [6.07, 6.45) is 11.8. The molecule has 0 amide bonds. The van der Waals surface area contributed by atoms with Gasteiger partial charge in [-0.1, -0.05) is 188 Å². The highest BCUT2D eigenvalue weighted by atomic mass is 15.1. The Morgan fingerprint density at radius 3 is 1.55 bits per heavy atom. The van der Waals surface area contributed by atoms with Crippen molar-refractivity contribution in [1.82, 2.24) is 0 Å². The molecule has 0 aromatic heterocycles. The second-order valence-corrected chi connectivity index (χ2v) is 15.6. The van der Waals surface area contributed by atoms with E-state index in [4.69, 9.17) is 0 Å². The van der Waals surface area contributed by atoms with Crippen molar-refractivity contribution in [1.29, 1.82) is 0 Å². The van der Waals surface area contributed by atoms with Crippen molar-refractivity contribution in [3.05, 3.63) is 260 Å². The van der Waals surface area contributed by atoms with Crippen molar-refractivity contribution in [2.24, 2.45) is 0 Å². The van der Waals surface area contributed by atoms with Crippen molar-refractivity contribution in [3.63, 3.8) is 0 Å². The summed E-state index contributed by atoms with van der Waals surface area (Å²) in [5, 5.41) is 9.86. The van der Waals surface area contributed by atoms with Gasteiger partial charge in [0.15, 0.2) is 0 Å². The molecule has 0 spiro atoms. The van der Waals surface area contributed by atoms with Gasteiger partial charge >= 0.3 is 0 Å². The van der Waals surface area contributed by atoms with Gasteiger partial charge in [-0.2, -0.15) is 0 Å². The number of para-hydroxylation sites is 2. The lowest BCUT2D eigenvalue weighted by atomic mass is 9.86. The molecule has 10 rings (SSSR count). The van der Waals surface area contributed by atoms with Crippen molar-refractivity contribution < 1.29 is 0 Å². The molecule has 10 aromatic carbocycles. The molecule has 0 heterocycles. The van der Waals surface area contributed by atoms with Crippen molar-refractivity contribution in [2.75, 3.05) is 9.80 Å². The number of rotatable bonds is 11. The Hall–Kier alpha value is -7.94. The first-order valence-corrected chi connectivity index (χ1v) is 21.4. The number of hydrogen-bond donors (Lipinski definition) is 0. The molecule has 2 nitrogen and oxygen atoms in total. The normalized spacial score (nSPS) is 12.0. The summed E-state index contributed by atoms with van der Waals surface area (Å²) in [5.41, 5.74) is 10.6. The number of benzene rings is 10. The summed E-state index contributed by atoms with van der Waals surface area (Å²) in [6, 6.07) is 78.8. The minimum atomic E-state index is 0.753. The second kappa shape index (κ2) is 17.3. The molecule has 62 heavy (non-hydrogen) atoms. The van der Waals surface area contributed by atoms with E-state index in [-0.39, 0.29) is 0 Å². The Bertz CT molecular complexity index is 3220. The van der Waals surface area contributed by atoms with E-state index < -0.39 is 0 Å². The van der Waals surface area contributed by atoms with Crippen molar-refractivity contribution in [2.45, 2.75) is 13.3 Å². The zero-order valence-electron chi connectivity index (χ0n) is 34.8. The topological polar surface area (TPSA) is 6.48 Å². The third-order valence-corrected chi connectivity index (χ3v) is 11.8. The maximum atomic E-state index is 2.40. The first-order valence-electron chi connectivity index (χ1n) is 21.4. The number of hydrogen-bond acceptors (Lipinski definition) is 2. The predicted octanol–water partition coefficient (Wildman–Crippen LogP) is 16.8. The third-order valence-electron chi connectivity index (χ3n) is 11.8. The van der Waals surface area contributed by atoms with Crippen LogP contribution < -0.4 is 9.80 Å². The Kier molecular flexibility index (Phi) is 10.7. The molecule has 0 aliphatic rings. The van der Waals surface area contributed by atoms with E-state index in [1.54, 1.807) is 0 Å². The molecule has 0 N–H and O–H groups in total. The lowest BCUT2D eigenvalue weighted by Gasteiger charge is -2.27. The zero-order chi connectivity index (χ0) is 41.7. The average molecular weight is 795 g/mol. The Morgan fingerprint density at radius 2 is 0.919 bits per heavy atom. The fourth-order valence-corrected chi connectivity index (χ4v) is 9.01. The molecular formula is C60H46N2. The first kappa shape index (κ1) is 38.3. The van der Waals surface area contributed by atoms with E-state index in [2.05, 4.69) is 266 Å². The van der Waals surface area contributed by atoms with E-state index in [9.17, 15) is 0 Å².